The molecule has 1 heterocycles. The van der Waals surface area contributed by atoms with Crippen molar-refractivity contribution >= 4 is 5.91 Å². The van der Waals surface area contributed by atoms with Crippen LogP contribution in [0.5, 0.6) is 5.75 Å². The highest BCUT2D eigenvalue weighted by atomic mass is 19.2. The largest absolute Gasteiger partial charge is 0.479 e. The lowest BCUT2D eigenvalue weighted by Gasteiger charge is -2.09. The van der Waals surface area contributed by atoms with Gasteiger partial charge in [-0.2, -0.15) is 8.78 Å². The molecule has 0 aliphatic heterocycles. The molecule has 0 aliphatic rings. The third-order valence-electron chi connectivity index (χ3n) is 2.75. The SMILES string of the molecule is CCNC(=O)c1ccc(COc2c(F)c(F)c(F)c(F)c2F)o1. The number of benzene rings is 1. The smallest absolute Gasteiger partial charge is 0.286 e. The number of halogens is 5. The normalized spacial score (nSPS) is 10.7. The van der Waals surface area contributed by atoms with Gasteiger partial charge in [-0.15, -0.1) is 0 Å². The third-order valence-corrected chi connectivity index (χ3v) is 2.75. The fraction of sp³-hybridized carbons (Fsp3) is 0.214. The number of carbonyl (C=O) groups is 1. The summed E-state index contributed by atoms with van der Waals surface area (Å²) in [6, 6.07) is 2.55. The topological polar surface area (TPSA) is 51.5 Å². The lowest BCUT2D eigenvalue weighted by molar-refractivity contribution is 0.0923. The molecule has 2 aromatic rings. The Morgan fingerprint density at radius 1 is 1.04 bits per heavy atom. The van der Waals surface area contributed by atoms with E-state index in [1.807, 2.05) is 0 Å². The molecule has 0 bridgehead atoms. The number of hydrogen-bond acceptors (Lipinski definition) is 3. The van der Waals surface area contributed by atoms with E-state index >= 15 is 0 Å². The van der Waals surface area contributed by atoms with Crippen molar-refractivity contribution in [1.82, 2.24) is 5.32 Å². The summed E-state index contributed by atoms with van der Waals surface area (Å²) < 4.78 is 75.3. The zero-order valence-electron chi connectivity index (χ0n) is 11.7. The number of carbonyl (C=O) groups excluding carboxylic acids is 1. The highest BCUT2D eigenvalue weighted by Gasteiger charge is 2.27. The molecule has 0 saturated heterocycles. The predicted molar refractivity (Wildman–Crippen MR) is 67.3 cm³/mol. The maximum absolute atomic E-state index is 13.4. The van der Waals surface area contributed by atoms with Gasteiger partial charge in [0.25, 0.3) is 5.91 Å². The van der Waals surface area contributed by atoms with Gasteiger partial charge >= 0.3 is 0 Å². The first-order valence-electron chi connectivity index (χ1n) is 6.37. The minimum Gasteiger partial charge on any atom is -0.479 e. The molecule has 0 spiro atoms. The summed E-state index contributed by atoms with van der Waals surface area (Å²) in [6.07, 6.45) is 0. The van der Waals surface area contributed by atoms with Crippen molar-refractivity contribution in [2.24, 2.45) is 0 Å². The van der Waals surface area contributed by atoms with Crippen LogP contribution >= 0.6 is 0 Å². The van der Waals surface area contributed by atoms with Crippen LogP contribution < -0.4 is 10.1 Å². The van der Waals surface area contributed by atoms with E-state index in [0.29, 0.717) is 6.54 Å². The van der Waals surface area contributed by atoms with Crippen molar-refractivity contribution in [2.75, 3.05) is 6.54 Å². The molecule has 1 N–H and O–H groups in total. The number of hydrogen-bond donors (Lipinski definition) is 1. The standard InChI is InChI=1S/C14H10F5NO3/c1-2-20-14(21)7-4-3-6(23-7)5-22-13-11(18)9(16)8(15)10(17)12(13)19/h3-4H,2,5H2,1H3,(H,20,21). The van der Waals surface area contributed by atoms with E-state index in [9.17, 15) is 26.7 Å². The summed E-state index contributed by atoms with van der Waals surface area (Å²) in [5.41, 5.74) is 0. The summed E-state index contributed by atoms with van der Waals surface area (Å²) in [7, 11) is 0. The molecule has 2 rings (SSSR count). The van der Waals surface area contributed by atoms with Gasteiger partial charge in [-0.3, -0.25) is 4.79 Å². The average molecular weight is 335 g/mol. The first-order chi connectivity index (χ1) is 10.9. The van der Waals surface area contributed by atoms with Gasteiger partial charge in [-0.05, 0) is 19.1 Å². The third kappa shape index (κ3) is 3.27. The van der Waals surface area contributed by atoms with Gasteiger partial charge in [0, 0.05) is 6.54 Å². The second-order valence-electron chi connectivity index (χ2n) is 4.31. The van der Waals surface area contributed by atoms with E-state index in [1.54, 1.807) is 6.92 Å². The van der Waals surface area contributed by atoms with Crippen LogP contribution in [0.25, 0.3) is 0 Å². The van der Waals surface area contributed by atoms with Crippen molar-refractivity contribution in [3.8, 4) is 5.75 Å². The lowest BCUT2D eigenvalue weighted by atomic mass is 10.2. The fourth-order valence-electron chi connectivity index (χ4n) is 1.68. The molecular formula is C14H10F5NO3. The minimum absolute atomic E-state index is 0.0322. The summed E-state index contributed by atoms with van der Waals surface area (Å²) in [5.74, 6) is -12.7. The van der Waals surface area contributed by atoms with E-state index < -0.39 is 47.3 Å². The van der Waals surface area contributed by atoms with Crippen LogP contribution in [0.2, 0.25) is 0 Å². The molecule has 0 radical (unpaired) electrons. The molecule has 0 aliphatic carbocycles. The van der Waals surface area contributed by atoms with Crippen molar-refractivity contribution in [3.05, 3.63) is 52.7 Å². The number of amides is 1. The van der Waals surface area contributed by atoms with Crippen molar-refractivity contribution in [3.63, 3.8) is 0 Å². The monoisotopic (exact) mass is 335 g/mol. The Kier molecular flexibility index (Phi) is 4.87. The lowest BCUT2D eigenvalue weighted by Crippen LogP contribution is -2.21. The number of furan rings is 1. The van der Waals surface area contributed by atoms with Gasteiger partial charge < -0.3 is 14.5 Å². The molecule has 0 fully saturated rings. The summed E-state index contributed by atoms with van der Waals surface area (Å²) >= 11 is 0. The van der Waals surface area contributed by atoms with Crippen molar-refractivity contribution < 1.29 is 35.9 Å². The first-order valence-corrected chi connectivity index (χ1v) is 6.37. The minimum atomic E-state index is -2.27. The van der Waals surface area contributed by atoms with Gasteiger partial charge in [-0.25, -0.2) is 13.2 Å². The van der Waals surface area contributed by atoms with E-state index in [1.165, 1.54) is 12.1 Å². The van der Waals surface area contributed by atoms with E-state index in [2.05, 4.69) is 10.1 Å². The second-order valence-corrected chi connectivity index (χ2v) is 4.31. The Labute approximate surface area is 126 Å². The van der Waals surface area contributed by atoms with Crippen molar-refractivity contribution in [1.29, 1.82) is 0 Å². The highest BCUT2D eigenvalue weighted by Crippen LogP contribution is 2.29. The highest BCUT2D eigenvalue weighted by molar-refractivity contribution is 5.91. The van der Waals surface area contributed by atoms with E-state index in [0.717, 1.165) is 0 Å². The Bertz CT molecular complexity index is 715. The number of ether oxygens (including phenoxy) is 1. The van der Waals surface area contributed by atoms with Crippen LogP contribution in [-0.2, 0) is 6.61 Å². The molecular weight excluding hydrogens is 325 g/mol. The Balaban J connectivity index is 2.18. The summed E-state index contributed by atoms with van der Waals surface area (Å²) in [4.78, 5) is 11.5. The molecule has 1 aromatic heterocycles. The van der Waals surface area contributed by atoms with E-state index in [-0.39, 0.29) is 11.5 Å². The van der Waals surface area contributed by atoms with Crippen LogP contribution in [0.4, 0.5) is 22.0 Å². The molecule has 0 unspecified atom stereocenters. The van der Waals surface area contributed by atoms with Crippen LogP contribution in [-0.4, -0.2) is 12.5 Å². The quantitative estimate of drug-likeness (QED) is 0.518. The Morgan fingerprint density at radius 3 is 2.17 bits per heavy atom. The zero-order chi connectivity index (χ0) is 17.1. The van der Waals surface area contributed by atoms with Gasteiger partial charge in [0.1, 0.15) is 12.4 Å². The fourth-order valence-corrected chi connectivity index (χ4v) is 1.68. The average Bonchev–Trinajstić information content (AvgIpc) is 3.00. The maximum atomic E-state index is 13.4. The van der Waals surface area contributed by atoms with Crippen LogP contribution in [0.15, 0.2) is 16.5 Å². The molecule has 1 aromatic carbocycles. The molecule has 1 amide bonds. The van der Waals surface area contributed by atoms with Gasteiger partial charge in [0.15, 0.2) is 11.5 Å². The van der Waals surface area contributed by atoms with Crippen molar-refractivity contribution in [2.45, 2.75) is 13.5 Å². The summed E-state index contributed by atoms with van der Waals surface area (Å²) in [5, 5.41) is 2.45. The Morgan fingerprint density at radius 2 is 1.61 bits per heavy atom. The molecule has 9 heteroatoms. The number of nitrogens with one attached hydrogen (secondary N) is 1. The molecule has 0 atom stereocenters. The predicted octanol–water partition coefficient (Wildman–Crippen LogP) is 3.30. The van der Waals surface area contributed by atoms with Crippen LogP contribution in [0.1, 0.15) is 23.2 Å². The van der Waals surface area contributed by atoms with Crippen LogP contribution in [0.3, 0.4) is 0 Å². The second kappa shape index (κ2) is 6.67. The molecule has 23 heavy (non-hydrogen) atoms. The molecule has 0 saturated carbocycles. The zero-order valence-corrected chi connectivity index (χ0v) is 11.7. The van der Waals surface area contributed by atoms with Crippen LogP contribution in [0, 0.1) is 29.1 Å². The molecule has 4 nitrogen and oxygen atoms in total. The van der Waals surface area contributed by atoms with Gasteiger partial charge in [0.2, 0.25) is 29.1 Å². The maximum Gasteiger partial charge on any atom is 0.286 e. The summed E-state index contributed by atoms with van der Waals surface area (Å²) in [6.45, 7) is 1.42. The molecule has 124 valence electrons. The van der Waals surface area contributed by atoms with Gasteiger partial charge in [-0.1, -0.05) is 0 Å². The van der Waals surface area contributed by atoms with Gasteiger partial charge in [0.05, 0.1) is 0 Å². The Hall–Kier alpha value is -2.58. The number of rotatable bonds is 5. The first kappa shape index (κ1) is 16.8. The van der Waals surface area contributed by atoms with E-state index in [4.69, 9.17) is 4.42 Å².